The standard InChI is InChI=1S/C48H74O14.C47H72O14.C19H24N2O2/c1-11-25(2)43-28(5)17-18-47(62-43)23-34-20-33(61-47)16-15-27(4)42(26(3)13-12-14-32-24-55-45-40(49)29(6)19-35(46(51)58-34)48(32,45)52)59-39-22-37(54-10)44(31(8)57-39)60-38-21-36(53-9)41(50)30(7)56-38;1-24(2)41-27(5)16-17-46(61-41)22-33-19-32(60-46)15-14-26(4)42(25(3)12-11-13-31-23-54-44-39(48)28(6)18-34(45(50)57-33)47(31,44)51)58-38-21-36(53-10)43(30(8)56-38)59-37-20-35(52-9)40(49)29(7)55-37;22-18-13-20(19(23)15-7-2-1-3-8-15)12-17-16-9-5-4-6-14(16)10-11-21(17)18/h12-15,19,25-26,28,30-31,33-45,49-50,52H,11,16-18,20-24H2,1-10H3;11-14,18,24-25,27,29-30,32-44,48-49,51H,15-17,19-23H2,1-10H3;4-6,9,15,17H,1-3,7-8,10-13H2/b13-12+,27-15+,32-14+;12-11+,26-14+,31-13+;/t25?,26-,28-,30-,31-,33+,34?,35-,36-,37-,38?,39-,40+,41-,42-,43+,44-,45+,47+,48+;25-,27-,29-,30-,32+,33?,34-,35-,36-,37?,38-,39+,40-,41+,42-,43-,44+,46+,47+;/m00./s1. The van der Waals surface area contributed by atoms with Crippen molar-refractivity contribution in [3.05, 3.63) is 130 Å². The third-order valence-electron chi connectivity index (χ3n) is 35.0. The van der Waals surface area contributed by atoms with E-state index in [1.807, 2.05) is 54.0 Å². The molecule has 1 saturated carbocycles. The van der Waals surface area contributed by atoms with Crippen LogP contribution in [0.1, 0.15) is 256 Å². The van der Waals surface area contributed by atoms with Gasteiger partial charge in [-0.05, 0) is 169 Å². The number of aliphatic hydroxyl groups is 6. The number of nitrogens with zero attached hydrogens (tertiary/aromatic N) is 2. The van der Waals surface area contributed by atoms with E-state index in [-0.39, 0.29) is 97.9 Å². The first-order valence-corrected chi connectivity index (χ1v) is 54.7. The van der Waals surface area contributed by atoms with Crippen LogP contribution in [0, 0.1) is 53.3 Å². The second-order valence-electron chi connectivity index (χ2n) is 45.7. The van der Waals surface area contributed by atoms with E-state index in [2.05, 4.69) is 99.6 Å². The zero-order valence-electron chi connectivity index (χ0n) is 89.8. The normalized spacial score (nSPS) is 45.6. The molecular formula is C114H170N2O30. The first-order chi connectivity index (χ1) is 69.7. The molecule has 1 aromatic rings. The number of hydrogen-bond donors (Lipinski definition) is 6. The highest BCUT2D eigenvalue weighted by molar-refractivity contribution is 5.88. The lowest BCUT2D eigenvalue weighted by Crippen LogP contribution is -2.58. The number of aliphatic hydroxyl groups excluding tert-OH is 4. The first kappa shape index (κ1) is 113. The van der Waals surface area contributed by atoms with Gasteiger partial charge in [-0.25, -0.2) is 0 Å². The fourth-order valence-electron chi connectivity index (χ4n) is 26.2. The second-order valence-corrected chi connectivity index (χ2v) is 45.7. The molecule has 6 N–H and O–H groups in total. The highest BCUT2D eigenvalue weighted by atomic mass is 16.8. The Morgan fingerprint density at radius 3 is 1.42 bits per heavy atom. The van der Waals surface area contributed by atoms with Crippen molar-refractivity contribution in [1.82, 2.24) is 9.80 Å². The molecule has 40 atom stereocenters. The summed E-state index contributed by atoms with van der Waals surface area (Å²) in [6.07, 6.45) is 18.5. The zero-order valence-corrected chi connectivity index (χ0v) is 89.8. The number of hydrogen-bond acceptors (Lipinski definition) is 30. The minimum atomic E-state index is -1.82. The minimum Gasteiger partial charge on any atom is -0.462 e. The molecule has 18 rings (SSSR count). The number of rotatable bonds is 16. The molecule has 14 heterocycles. The summed E-state index contributed by atoms with van der Waals surface area (Å²) in [5.74, 6) is -3.79. The van der Waals surface area contributed by atoms with Crippen LogP contribution < -0.4 is 0 Å². The summed E-state index contributed by atoms with van der Waals surface area (Å²) in [6.45, 7) is 34.2. The number of benzene rings is 1. The quantitative estimate of drug-likeness (QED) is 0.0661. The number of carbonyl (C=O) groups is 4. The van der Waals surface area contributed by atoms with Gasteiger partial charge in [0.2, 0.25) is 11.8 Å². The molecular weight excluding hydrogens is 1880 g/mol. The molecule has 12 fully saturated rings. The van der Waals surface area contributed by atoms with Crippen molar-refractivity contribution in [3.8, 4) is 0 Å². The number of amides is 2. The fraction of sp³-hybridized carbons (Fsp3) is 0.772. The molecule has 1 aromatic carbocycles. The van der Waals surface area contributed by atoms with E-state index in [1.54, 1.807) is 80.4 Å². The summed E-state index contributed by atoms with van der Waals surface area (Å²) in [6, 6.07) is 8.42. The number of methoxy groups -OCH3 is 4. The lowest BCUT2D eigenvalue weighted by molar-refractivity contribution is -0.341. The number of carbonyl (C=O) groups excluding carboxylic acids is 4. The Morgan fingerprint density at radius 2 is 0.959 bits per heavy atom. The molecule has 0 aromatic heterocycles. The lowest BCUT2D eigenvalue weighted by Gasteiger charge is -2.51. The summed E-state index contributed by atoms with van der Waals surface area (Å²) in [5.41, 5.74) is 2.93. The van der Waals surface area contributed by atoms with E-state index < -0.39 is 182 Å². The number of fused-ring (bicyclic) bond motifs is 7. The molecule has 11 saturated heterocycles. The van der Waals surface area contributed by atoms with Crippen LogP contribution in [0.4, 0.5) is 0 Å². The van der Waals surface area contributed by atoms with E-state index in [9.17, 15) is 49.8 Å². The number of piperazine rings is 1. The second kappa shape index (κ2) is 48.4. The van der Waals surface area contributed by atoms with Crippen LogP contribution in [0.3, 0.4) is 0 Å². The smallest absolute Gasteiger partial charge is 0.316 e. The van der Waals surface area contributed by atoms with Crippen LogP contribution in [0.25, 0.3) is 0 Å². The summed E-state index contributed by atoms with van der Waals surface area (Å²) in [5, 5.41) is 68.4. The van der Waals surface area contributed by atoms with Crippen LogP contribution in [0.5, 0.6) is 0 Å². The minimum absolute atomic E-state index is 0.00708. The summed E-state index contributed by atoms with van der Waals surface area (Å²) < 4.78 is 128. The van der Waals surface area contributed by atoms with Crippen molar-refractivity contribution in [2.75, 3.05) is 61.3 Å². The van der Waals surface area contributed by atoms with Gasteiger partial charge in [0, 0.05) is 123 Å². The molecule has 0 radical (unpaired) electrons. The molecule has 6 unspecified atom stereocenters. The number of esters is 2. The van der Waals surface area contributed by atoms with Crippen molar-refractivity contribution in [2.45, 2.75) is 446 Å². The van der Waals surface area contributed by atoms with Gasteiger partial charge >= 0.3 is 11.9 Å². The van der Waals surface area contributed by atoms with Gasteiger partial charge in [-0.2, -0.15) is 0 Å². The van der Waals surface area contributed by atoms with Crippen molar-refractivity contribution in [2.24, 2.45) is 53.3 Å². The Labute approximate surface area is 863 Å². The van der Waals surface area contributed by atoms with E-state index in [4.69, 9.17) is 94.7 Å². The van der Waals surface area contributed by atoms with Crippen LogP contribution >= 0.6 is 0 Å². The average molecular weight is 2050 g/mol. The van der Waals surface area contributed by atoms with Crippen LogP contribution in [-0.2, 0) is 120 Å². The maximum atomic E-state index is 14.4. The Morgan fingerprint density at radius 1 is 0.521 bits per heavy atom. The van der Waals surface area contributed by atoms with Gasteiger partial charge in [0.15, 0.2) is 36.7 Å². The van der Waals surface area contributed by atoms with Gasteiger partial charge in [0.1, 0.15) is 84.1 Å². The number of allylic oxidation sites excluding steroid dienone is 4. The Kier molecular flexibility index (Phi) is 37.3. The van der Waals surface area contributed by atoms with Gasteiger partial charge < -0.3 is 135 Å². The van der Waals surface area contributed by atoms with E-state index >= 15 is 0 Å². The molecule has 32 nitrogen and oxygen atoms in total. The van der Waals surface area contributed by atoms with Gasteiger partial charge in [0.05, 0.1) is 111 Å². The third kappa shape index (κ3) is 24.4. The van der Waals surface area contributed by atoms with Crippen LogP contribution in [-0.4, -0.2) is 320 Å². The monoisotopic (exact) mass is 2050 g/mol. The maximum Gasteiger partial charge on any atom is 0.316 e. The molecule has 17 aliphatic rings. The molecule has 2 spiro atoms. The zero-order chi connectivity index (χ0) is 104. The number of ether oxygens (including phenoxy) is 20. The van der Waals surface area contributed by atoms with E-state index in [0.29, 0.717) is 124 Å². The molecule has 3 aliphatic carbocycles. The van der Waals surface area contributed by atoms with Crippen LogP contribution in [0.15, 0.2) is 118 Å². The molecule has 14 aliphatic heterocycles. The van der Waals surface area contributed by atoms with Crippen LogP contribution in [0.2, 0.25) is 0 Å². The fourth-order valence-corrected chi connectivity index (χ4v) is 26.2. The molecule has 2 amide bonds. The van der Waals surface area contributed by atoms with E-state index in [0.717, 1.165) is 69.1 Å². The van der Waals surface area contributed by atoms with Gasteiger partial charge in [-0.3, -0.25) is 19.2 Å². The molecule has 32 heteroatoms. The molecule has 146 heavy (non-hydrogen) atoms. The third-order valence-corrected chi connectivity index (χ3v) is 35.0. The summed E-state index contributed by atoms with van der Waals surface area (Å²) >= 11 is 0. The highest BCUT2D eigenvalue weighted by Crippen LogP contribution is 2.53. The topological polar surface area (TPSA) is 381 Å². The Bertz CT molecular complexity index is 4850. The molecule has 4 bridgehead atoms. The average Bonchev–Trinajstić information content (AvgIpc) is 1.57. The van der Waals surface area contributed by atoms with Crippen molar-refractivity contribution in [3.63, 3.8) is 0 Å². The lowest BCUT2D eigenvalue weighted by atomic mass is 9.71. The van der Waals surface area contributed by atoms with Gasteiger partial charge in [-0.1, -0.05) is 166 Å². The van der Waals surface area contributed by atoms with Crippen molar-refractivity contribution >= 4 is 23.8 Å². The van der Waals surface area contributed by atoms with Crippen molar-refractivity contribution < 1.29 is 145 Å². The first-order valence-electron chi connectivity index (χ1n) is 54.7. The van der Waals surface area contributed by atoms with Gasteiger partial charge in [0.25, 0.3) is 0 Å². The summed E-state index contributed by atoms with van der Waals surface area (Å²) in [4.78, 5) is 57.9. The Balaban J connectivity index is 0.000000171. The maximum absolute atomic E-state index is 14.4. The predicted octanol–water partition coefficient (Wildman–Crippen LogP) is 13.3. The molecule has 816 valence electrons. The van der Waals surface area contributed by atoms with Gasteiger partial charge in [-0.15, -0.1) is 0 Å². The largest absolute Gasteiger partial charge is 0.462 e. The van der Waals surface area contributed by atoms with Crippen molar-refractivity contribution in [1.29, 1.82) is 0 Å². The van der Waals surface area contributed by atoms with E-state index in [1.165, 1.54) is 17.5 Å². The predicted molar refractivity (Wildman–Crippen MR) is 538 cm³/mol. The summed E-state index contributed by atoms with van der Waals surface area (Å²) in [7, 11) is 6.45. The SMILES string of the molecule is CCC(C)[C@H]1O[C@]2(CC[C@@H]1C)CC1C[C@@H](C/C=C(\C)[C@@H](O[C@H]3C[C@H](OC)[C@@H](OC4C[C@H](OC)[C@@H](O)[C@H](C)O4)[C@H](C)O3)[C@@H](C)/C=C/C=C3\CO[C@@H]4[C@H](O)C(C)=C[C@@H](C(=O)O1)[C@]34O)O2.CO[C@H]1CC(O[C@H]2[C@H](C)O[C@@H](O[C@@H]3/C(C)=C/C[C@@H]4CC(C[C@]5(CC[C@H](C)[C@@H](C(C)C)O5)O4)OC(=O)[C@@H]4C=C(C)[C@@H](O)[C@H]5OC/C(=C\C=C\[C@@H]3C)[C@]54O)C[C@@H]2OC)O[C@@H](C)[C@@H]1O.O=C(C1CCCCC1)N1CC(=O)N2CCc3ccccc3C2C1. The highest BCUT2D eigenvalue weighted by Gasteiger charge is 2.64. The Hall–Kier alpha value is -5.94.